The second-order valence-electron chi connectivity index (χ2n) is 5.66. The van der Waals surface area contributed by atoms with Crippen molar-refractivity contribution in [3.05, 3.63) is 53.1 Å². The van der Waals surface area contributed by atoms with Gasteiger partial charge < -0.3 is 9.88 Å². The molecule has 20 heavy (non-hydrogen) atoms. The van der Waals surface area contributed by atoms with Gasteiger partial charge in [-0.3, -0.25) is 4.90 Å². The Balaban J connectivity index is 1.66. The molecule has 0 fully saturated rings. The number of aromatic nitrogens is 2. The van der Waals surface area contributed by atoms with Gasteiger partial charge in [0.2, 0.25) is 0 Å². The number of imidazole rings is 1. The van der Waals surface area contributed by atoms with Crippen molar-refractivity contribution >= 4 is 0 Å². The molecule has 0 atom stereocenters. The van der Waals surface area contributed by atoms with E-state index in [1.807, 2.05) is 19.4 Å². The van der Waals surface area contributed by atoms with Gasteiger partial charge in [0.15, 0.2) is 0 Å². The Morgan fingerprint density at radius 3 is 3.00 bits per heavy atom. The van der Waals surface area contributed by atoms with E-state index in [0.29, 0.717) is 0 Å². The lowest BCUT2D eigenvalue weighted by Crippen LogP contribution is -2.24. The molecule has 4 nitrogen and oxygen atoms in total. The zero-order valence-electron chi connectivity index (χ0n) is 12.3. The summed E-state index contributed by atoms with van der Waals surface area (Å²) in [5.41, 5.74) is 4.34. The molecule has 1 aliphatic heterocycles. The number of nitrogens with one attached hydrogen (secondary N) is 1. The summed E-state index contributed by atoms with van der Waals surface area (Å²) < 4.78 is 2.08. The van der Waals surface area contributed by atoms with E-state index in [4.69, 9.17) is 0 Å². The van der Waals surface area contributed by atoms with Crippen LogP contribution < -0.4 is 5.32 Å². The van der Waals surface area contributed by atoms with Crippen molar-refractivity contribution in [2.24, 2.45) is 7.05 Å². The molecule has 0 saturated heterocycles. The van der Waals surface area contributed by atoms with Crippen LogP contribution in [0.4, 0.5) is 0 Å². The first-order valence-corrected chi connectivity index (χ1v) is 7.18. The molecular formula is C16H22N4. The van der Waals surface area contributed by atoms with E-state index in [1.54, 1.807) is 0 Å². The highest BCUT2D eigenvalue weighted by Gasteiger charge is 2.10. The minimum absolute atomic E-state index is 0.874. The van der Waals surface area contributed by atoms with Crippen molar-refractivity contribution in [2.75, 3.05) is 13.6 Å². The van der Waals surface area contributed by atoms with Gasteiger partial charge >= 0.3 is 0 Å². The predicted octanol–water partition coefficient (Wildman–Crippen LogP) is 1.70. The molecule has 0 saturated carbocycles. The molecule has 0 aliphatic carbocycles. The fraction of sp³-hybridized carbons (Fsp3) is 0.438. The number of benzene rings is 1. The molecule has 0 unspecified atom stereocenters. The molecule has 0 bridgehead atoms. The highest BCUT2D eigenvalue weighted by molar-refractivity contribution is 5.33. The third-order valence-corrected chi connectivity index (χ3v) is 3.94. The van der Waals surface area contributed by atoms with Gasteiger partial charge in [0.25, 0.3) is 0 Å². The molecule has 0 radical (unpaired) electrons. The van der Waals surface area contributed by atoms with E-state index in [2.05, 4.69) is 45.0 Å². The van der Waals surface area contributed by atoms with Gasteiger partial charge in [0.1, 0.15) is 5.82 Å². The number of hydrogen-bond acceptors (Lipinski definition) is 3. The average Bonchev–Trinajstić information content (AvgIpc) is 2.84. The summed E-state index contributed by atoms with van der Waals surface area (Å²) in [6.07, 6.45) is 5.00. The summed E-state index contributed by atoms with van der Waals surface area (Å²) in [6, 6.07) is 6.90. The minimum Gasteiger partial charge on any atom is -0.337 e. The summed E-state index contributed by atoms with van der Waals surface area (Å²) in [7, 11) is 4.19. The third kappa shape index (κ3) is 2.92. The second kappa shape index (κ2) is 5.77. The summed E-state index contributed by atoms with van der Waals surface area (Å²) in [5.74, 6) is 1.10. The Morgan fingerprint density at radius 2 is 2.20 bits per heavy atom. The van der Waals surface area contributed by atoms with Crippen molar-refractivity contribution in [1.29, 1.82) is 0 Å². The topological polar surface area (TPSA) is 33.1 Å². The largest absolute Gasteiger partial charge is 0.337 e. The van der Waals surface area contributed by atoms with Crippen LogP contribution in [0.15, 0.2) is 30.6 Å². The van der Waals surface area contributed by atoms with E-state index >= 15 is 0 Å². The maximum Gasteiger partial charge on any atom is 0.122 e. The number of aryl methyl sites for hydroxylation is 1. The van der Waals surface area contributed by atoms with E-state index in [0.717, 1.165) is 38.4 Å². The summed E-state index contributed by atoms with van der Waals surface area (Å²) in [5, 5.41) is 3.44. The van der Waals surface area contributed by atoms with Crippen LogP contribution in [0.3, 0.4) is 0 Å². The number of rotatable bonds is 4. The Bertz CT molecular complexity index is 588. The van der Waals surface area contributed by atoms with Crippen LogP contribution in [0.25, 0.3) is 0 Å². The molecule has 0 spiro atoms. The molecule has 3 rings (SSSR count). The highest BCUT2D eigenvalue weighted by atomic mass is 15.1. The zero-order chi connectivity index (χ0) is 13.9. The predicted molar refractivity (Wildman–Crippen MR) is 80.2 cm³/mol. The lowest BCUT2D eigenvalue weighted by Gasteiger charge is -2.20. The number of nitrogens with zero attached hydrogens (tertiary/aromatic N) is 3. The smallest absolute Gasteiger partial charge is 0.122 e. The summed E-state index contributed by atoms with van der Waals surface area (Å²) >= 11 is 0. The standard InChI is InChI=1S/C16H22N4/c1-19(12-16-18-7-8-20(16)2)11-13-3-4-14-5-6-17-10-15(14)9-13/h3-4,7-9,17H,5-6,10-12H2,1-2H3. The monoisotopic (exact) mass is 270 g/mol. The average molecular weight is 270 g/mol. The summed E-state index contributed by atoms with van der Waals surface area (Å²) in [4.78, 5) is 6.68. The lowest BCUT2D eigenvalue weighted by molar-refractivity contribution is 0.307. The van der Waals surface area contributed by atoms with Crippen molar-refractivity contribution in [3.8, 4) is 0 Å². The van der Waals surface area contributed by atoms with Crippen molar-refractivity contribution in [2.45, 2.75) is 26.1 Å². The van der Waals surface area contributed by atoms with Gasteiger partial charge in [0, 0.05) is 32.5 Å². The van der Waals surface area contributed by atoms with Crippen LogP contribution in [0.5, 0.6) is 0 Å². The van der Waals surface area contributed by atoms with Gasteiger partial charge in [-0.15, -0.1) is 0 Å². The normalized spacial score (nSPS) is 14.6. The molecule has 2 heterocycles. The Hall–Kier alpha value is -1.65. The van der Waals surface area contributed by atoms with E-state index in [-0.39, 0.29) is 0 Å². The van der Waals surface area contributed by atoms with Gasteiger partial charge in [-0.05, 0) is 36.7 Å². The van der Waals surface area contributed by atoms with Crippen LogP contribution in [0.1, 0.15) is 22.5 Å². The van der Waals surface area contributed by atoms with Crippen molar-refractivity contribution in [3.63, 3.8) is 0 Å². The maximum absolute atomic E-state index is 4.38. The Kier molecular flexibility index (Phi) is 3.85. The Morgan fingerprint density at radius 1 is 1.30 bits per heavy atom. The van der Waals surface area contributed by atoms with Crippen LogP contribution in [0, 0.1) is 0 Å². The Labute approximate surface area is 120 Å². The molecule has 0 amide bonds. The van der Waals surface area contributed by atoms with Gasteiger partial charge in [-0.25, -0.2) is 4.98 Å². The van der Waals surface area contributed by atoms with Crippen molar-refractivity contribution in [1.82, 2.24) is 19.8 Å². The van der Waals surface area contributed by atoms with Crippen molar-refractivity contribution < 1.29 is 0 Å². The fourth-order valence-electron chi connectivity index (χ4n) is 2.79. The van der Waals surface area contributed by atoms with Gasteiger partial charge in [-0.2, -0.15) is 0 Å². The van der Waals surface area contributed by atoms with Gasteiger partial charge in [-0.1, -0.05) is 18.2 Å². The third-order valence-electron chi connectivity index (χ3n) is 3.94. The molecule has 2 aromatic rings. The first-order chi connectivity index (χ1) is 9.72. The summed E-state index contributed by atoms with van der Waals surface area (Å²) in [6.45, 7) is 3.94. The number of fused-ring (bicyclic) bond motifs is 1. The highest BCUT2D eigenvalue weighted by Crippen LogP contribution is 2.17. The number of hydrogen-bond donors (Lipinski definition) is 1. The SMILES string of the molecule is CN(Cc1ccc2c(c1)CNCC2)Cc1nccn1C. The maximum atomic E-state index is 4.38. The second-order valence-corrected chi connectivity index (χ2v) is 5.66. The van der Waals surface area contributed by atoms with Crippen LogP contribution in [-0.2, 0) is 33.1 Å². The molecule has 1 aromatic carbocycles. The molecule has 1 N–H and O–H groups in total. The van der Waals surface area contributed by atoms with Crippen LogP contribution >= 0.6 is 0 Å². The first-order valence-electron chi connectivity index (χ1n) is 7.18. The molecule has 106 valence electrons. The molecule has 1 aromatic heterocycles. The molecule has 4 heteroatoms. The first kappa shape index (κ1) is 13.3. The lowest BCUT2D eigenvalue weighted by atomic mass is 9.98. The molecule has 1 aliphatic rings. The van der Waals surface area contributed by atoms with E-state index in [1.165, 1.54) is 16.7 Å². The fourth-order valence-corrected chi connectivity index (χ4v) is 2.79. The van der Waals surface area contributed by atoms with Crippen LogP contribution in [-0.4, -0.2) is 28.0 Å². The quantitative estimate of drug-likeness (QED) is 0.918. The van der Waals surface area contributed by atoms with E-state index in [9.17, 15) is 0 Å². The zero-order valence-corrected chi connectivity index (χ0v) is 12.3. The van der Waals surface area contributed by atoms with E-state index < -0.39 is 0 Å². The molecular weight excluding hydrogens is 248 g/mol. The van der Waals surface area contributed by atoms with Crippen LogP contribution in [0.2, 0.25) is 0 Å². The minimum atomic E-state index is 0.874. The van der Waals surface area contributed by atoms with Gasteiger partial charge in [0.05, 0.1) is 6.54 Å².